The minimum Gasteiger partial charge on any atom is -0.489 e. The number of carboxylic acids is 3. The molecule has 2 atom stereocenters. The van der Waals surface area contributed by atoms with Crippen LogP contribution in [0.25, 0.3) is 0 Å². The Morgan fingerprint density at radius 2 is 1.00 bits per heavy atom. The molecule has 5 aromatic carbocycles. The summed E-state index contributed by atoms with van der Waals surface area (Å²) in [6.45, 7) is 3.54. The number of ether oxygens (including phenoxy) is 5. The number of rotatable bonds is 40. The number of benzene rings is 5. The Hall–Kier alpha value is -7.93. The number of aryl methyl sites for hydroxylation is 2. The summed E-state index contributed by atoms with van der Waals surface area (Å²) in [5.41, 5.74) is 5.09. The first-order chi connectivity index (χ1) is 37.8. The number of carboxylic acid groups (broad SMARTS) is 3. The van der Waals surface area contributed by atoms with Crippen molar-refractivity contribution in [3.8, 4) is 28.7 Å². The third kappa shape index (κ3) is 21.2. The first-order valence-corrected chi connectivity index (χ1v) is 26.2. The van der Waals surface area contributed by atoms with E-state index < -0.39 is 43.1 Å². The van der Waals surface area contributed by atoms with Gasteiger partial charge in [-0.05, 0) is 108 Å². The van der Waals surface area contributed by atoms with Crippen LogP contribution in [0.15, 0.2) is 109 Å². The maximum atomic E-state index is 12.6. The Kier molecular flexibility index (Phi) is 26.0. The molecule has 78 heavy (non-hydrogen) atoms. The molecule has 0 aliphatic rings. The quantitative estimate of drug-likeness (QED) is 0.0322. The summed E-state index contributed by atoms with van der Waals surface area (Å²) >= 11 is 0. The highest BCUT2D eigenvalue weighted by Gasteiger charge is 2.27. The van der Waals surface area contributed by atoms with Crippen LogP contribution in [-0.4, -0.2) is 151 Å². The molecule has 5 aromatic rings. The maximum absolute atomic E-state index is 12.6. The van der Waals surface area contributed by atoms with Gasteiger partial charge in [-0.2, -0.15) is 0 Å². The molecule has 18 heteroatoms. The van der Waals surface area contributed by atoms with Gasteiger partial charge < -0.3 is 53.4 Å². The van der Waals surface area contributed by atoms with Gasteiger partial charge in [-0.1, -0.05) is 87.4 Å². The number of unbranched alkanes of at least 4 members (excludes halogenated alkanes) is 2. The minimum atomic E-state index is -1.26. The van der Waals surface area contributed by atoms with E-state index in [4.69, 9.17) is 23.7 Å². The summed E-state index contributed by atoms with van der Waals surface area (Å²) in [7, 11) is 0. The van der Waals surface area contributed by atoms with Crippen LogP contribution in [0.5, 0.6) is 28.7 Å². The number of carbonyl (C=O) groups excluding carboxylic acids is 4. The van der Waals surface area contributed by atoms with Gasteiger partial charge >= 0.3 is 17.9 Å². The largest absolute Gasteiger partial charge is 0.489 e. The fourth-order valence-electron chi connectivity index (χ4n) is 8.46. The molecule has 0 aliphatic heterocycles. The van der Waals surface area contributed by atoms with Crippen LogP contribution in [-0.2, 0) is 56.4 Å². The highest BCUT2D eigenvalue weighted by Crippen LogP contribution is 2.28. The molecule has 0 saturated heterocycles. The van der Waals surface area contributed by atoms with E-state index in [1.165, 1.54) is 28.2 Å². The van der Waals surface area contributed by atoms with Crippen molar-refractivity contribution in [1.82, 2.24) is 14.7 Å². The van der Waals surface area contributed by atoms with Crippen LogP contribution in [0.4, 0.5) is 0 Å². The van der Waals surface area contributed by atoms with Gasteiger partial charge in [0.2, 0.25) is 0 Å². The Labute approximate surface area is 455 Å². The van der Waals surface area contributed by atoms with E-state index in [0.29, 0.717) is 48.0 Å². The predicted molar refractivity (Wildman–Crippen MR) is 291 cm³/mol. The number of nitrogens with zero attached hydrogens (tertiary/aromatic N) is 3. The summed E-state index contributed by atoms with van der Waals surface area (Å²) in [6.07, 6.45) is 8.24. The van der Waals surface area contributed by atoms with Crippen LogP contribution in [0.2, 0.25) is 0 Å². The van der Waals surface area contributed by atoms with Gasteiger partial charge in [0, 0.05) is 25.7 Å². The van der Waals surface area contributed by atoms with Gasteiger partial charge in [-0.3, -0.25) is 29.1 Å². The first kappa shape index (κ1) is 60.9. The van der Waals surface area contributed by atoms with Gasteiger partial charge in [0.1, 0.15) is 79.6 Å². The van der Waals surface area contributed by atoms with Gasteiger partial charge in [0.05, 0.1) is 38.3 Å². The highest BCUT2D eigenvalue weighted by molar-refractivity contribution is 5.91. The first-order valence-electron chi connectivity index (χ1n) is 26.2. The average molecular weight is 1070 g/mol. The standard InChI is InChI=1S/C60H71N3O15/c1-3-5-7-44-9-13-47(14-10-44)40-74-52-21-23-56(49(34-52)39-67)76-42-54(43-77-57-24-22-53(35-55(57)60(72)73)75-41-48-15-11-45(12-16-48)8-6-4-2)78-51-19-17-46(18-20-51)33-50(63(37-58(68)69)38-59(70)71)36-62(29-32-66)26-25-61(27-30-64)28-31-65/h9-24,30-32,34-35,39,50,54H,3-8,25-29,33,36-38,40-43H2,1-2H3,(H,68,69)(H,70,71)(H,72,73). The SMILES string of the molecule is CCCCc1ccc(COc2ccc(OCC(COc3ccc(OCc4ccc(CCCC)cc4)cc3C(=O)O)Oc3ccc(CC(CN(CC=O)CCN(CC=O)CC=O)N(CC(=O)O)CC(=O)O)cc3)c(C=O)c2)cc1. The number of carbonyl (C=O) groups is 7. The third-order valence-corrected chi connectivity index (χ3v) is 12.7. The van der Waals surface area contributed by atoms with Gasteiger partial charge in [0.25, 0.3) is 0 Å². The fraction of sp³-hybridized carbons (Fsp3) is 0.383. The van der Waals surface area contributed by atoms with Gasteiger partial charge in [-0.25, -0.2) is 4.79 Å². The summed E-state index contributed by atoms with van der Waals surface area (Å²) in [5.74, 6) is -2.40. The lowest BCUT2D eigenvalue weighted by Gasteiger charge is -2.34. The van der Waals surface area contributed by atoms with Gasteiger partial charge in [-0.15, -0.1) is 0 Å². The smallest absolute Gasteiger partial charge is 0.339 e. The Morgan fingerprint density at radius 1 is 0.538 bits per heavy atom. The molecule has 0 bridgehead atoms. The van der Waals surface area contributed by atoms with Crippen LogP contribution in [0.3, 0.4) is 0 Å². The van der Waals surface area contributed by atoms with Crippen molar-refractivity contribution >= 4 is 43.1 Å². The van der Waals surface area contributed by atoms with Crippen molar-refractivity contribution in [3.05, 3.63) is 148 Å². The number of hydrogen-bond acceptors (Lipinski definition) is 15. The Balaban J connectivity index is 1.36. The second kappa shape index (κ2) is 33.3. The molecule has 0 heterocycles. The topological polar surface area (TPSA) is 236 Å². The van der Waals surface area contributed by atoms with E-state index in [9.17, 15) is 48.9 Å². The van der Waals surface area contributed by atoms with E-state index in [2.05, 4.69) is 38.1 Å². The van der Waals surface area contributed by atoms with Crippen LogP contribution >= 0.6 is 0 Å². The molecule has 0 aliphatic carbocycles. The van der Waals surface area contributed by atoms with Crippen LogP contribution in [0, 0.1) is 0 Å². The van der Waals surface area contributed by atoms with Crippen LogP contribution < -0.4 is 23.7 Å². The zero-order valence-electron chi connectivity index (χ0n) is 44.4. The number of aromatic carboxylic acids is 1. The molecule has 2 unspecified atom stereocenters. The van der Waals surface area contributed by atoms with Crippen molar-refractivity contribution in [2.24, 2.45) is 0 Å². The molecule has 0 fully saturated rings. The summed E-state index contributed by atoms with van der Waals surface area (Å²) in [4.78, 5) is 87.9. The maximum Gasteiger partial charge on any atom is 0.339 e. The van der Waals surface area contributed by atoms with E-state index >= 15 is 0 Å². The molecule has 0 radical (unpaired) electrons. The Bertz CT molecular complexity index is 2650. The fourth-order valence-corrected chi connectivity index (χ4v) is 8.46. The number of aliphatic carboxylic acids is 2. The Morgan fingerprint density at radius 3 is 1.50 bits per heavy atom. The molecule has 0 aromatic heterocycles. The lowest BCUT2D eigenvalue weighted by atomic mass is 10.0. The molecule has 0 saturated carbocycles. The van der Waals surface area contributed by atoms with Crippen molar-refractivity contribution in [1.29, 1.82) is 0 Å². The molecule has 0 spiro atoms. The molecule has 0 amide bonds. The molecular weight excluding hydrogens is 1000 g/mol. The second-order valence-electron chi connectivity index (χ2n) is 18.8. The molecule has 3 N–H and O–H groups in total. The lowest BCUT2D eigenvalue weighted by molar-refractivity contribution is -0.143. The van der Waals surface area contributed by atoms with Crippen molar-refractivity contribution in [2.75, 3.05) is 65.6 Å². The number of aldehydes is 4. The van der Waals surface area contributed by atoms with E-state index in [0.717, 1.165) is 49.7 Å². The van der Waals surface area contributed by atoms with Crippen molar-refractivity contribution in [3.63, 3.8) is 0 Å². The highest BCUT2D eigenvalue weighted by atomic mass is 16.6. The summed E-state index contributed by atoms with van der Waals surface area (Å²) in [5, 5.41) is 29.9. The zero-order valence-corrected chi connectivity index (χ0v) is 44.4. The van der Waals surface area contributed by atoms with Gasteiger partial charge in [0.15, 0.2) is 12.4 Å². The monoisotopic (exact) mass is 1070 g/mol. The molecule has 5 rings (SSSR count). The molecule has 18 nitrogen and oxygen atoms in total. The zero-order chi connectivity index (χ0) is 56.1. The normalized spacial score (nSPS) is 11.9. The molecular formula is C60H71N3O15. The van der Waals surface area contributed by atoms with Crippen molar-refractivity contribution in [2.45, 2.75) is 84.2 Å². The molecule has 416 valence electrons. The van der Waals surface area contributed by atoms with Crippen LogP contribution in [0.1, 0.15) is 88.1 Å². The minimum absolute atomic E-state index is 0.0198. The van der Waals surface area contributed by atoms with E-state index in [1.54, 1.807) is 58.3 Å². The third-order valence-electron chi connectivity index (χ3n) is 12.7. The van der Waals surface area contributed by atoms with E-state index in [-0.39, 0.29) is 94.7 Å². The number of hydrogen-bond donors (Lipinski definition) is 3. The summed E-state index contributed by atoms with van der Waals surface area (Å²) < 4.78 is 30.8. The average Bonchev–Trinajstić information content (AvgIpc) is 3.45. The lowest BCUT2D eigenvalue weighted by Crippen LogP contribution is -2.50. The summed E-state index contributed by atoms with van der Waals surface area (Å²) in [6, 6.07) is 31.6. The van der Waals surface area contributed by atoms with Crippen molar-refractivity contribution < 1.29 is 72.6 Å². The van der Waals surface area contributed by atoms with E-state index in [1.807, 2.05) is 24.3 Å². The predicted octanol–water partition coefficient (Wildman–Crippen LogP) is 7.53. The second-order valence-corrected chi connectivity index (χ2v) is 18.8.